The molecular weight excluding hydrogens is 229 g/mol. The molecule has 0 radical (unpaired) electrons. The molecule has 0 atom stereocenters. The van der Waals surface area contributed by atoms with Crippen LogP contribution in [0, 0.1) is 5.82 Å². The lowest BCUT2D eigenvalue weighted by Gasteiger charge is -2.10. The van der Waals surface area contributed by atoms with Crippen molar-refractivity contribution in [2.75, 3.05) is 0 Å². The minimum absolute atomic E-state index is 0.0676. The molecule has 1 rings (SSSR count). The minimum Gasteiger partial charge on any atom is -0.206 e. The van der Waals surface area contributed by atoms with Gasteiger partial charge in [0.05, 0.1) is 11.1 Å². The van der Waals surface area contributed by atoms with Gasteiger partial charge in [0.1, 0.15) is 5.82 Å². The molecule has 0 aliphatic rings. The normalized spacial score (nSPS) is 13.0. The first-order valence-electron chi connectivity index (χ1n) is 3.56. The molecule has 0 aliphatic heterocycles. The van der Waals surface area contributed by atoms with E-state index in [0.29, 0.717) is 0 Å². The van der Waals surface area contributed by atoms with Gasteiger partial charge < -0.3 is 0 Å². The van der Waals surface area contributed by atoms with Crippen LogP contribution >= 0.6 is 0 Å². The lowest BCUT2D eigenvalue weighted by molar-refractivity contribution is -0.143. The molecule has 1 aromatic rings. The van der Waals surface area contributed by atoms with E-state index in [2.05, 4.69) is 0 Å². The number of alkyl halides is 6. The molecule has 0 saturated heterocycles. The third-order valence-electron chi connectivity index (χ3n) is 1.60. The molecule has 0 spiro atoms. The van der Waals surface area contributed by atoms with E-state index >= 15 is 0 Å². The van der Waals surface area contributed by atoms with Gasteiger partial charge in [0.15, 0.2) is 0 Å². The topological polar surface area (TPSA) is 0 Å². The summed E-state index contributed by atoms with van der Waals surface area (Å²) in [6.45, 7) is 0. The summed E-state index contributed by atoms with van der Waals surface area (Å²) in [5, 5.41) is 0. The van der Waals surface area contributed by atoms with E-state index < -0.39 is 29.3 Å². The maximum absolute atomic E-state index is 12.7. The van der Waals surface area contributed by atoms with Gasteiger partial charge in [-0.25, -0.2) is 4.39 Å². The van der Waals surface area contributed by atoms with E-state index in [4.69, 9.17) is 0 Å². The summed E-state index contributed by atoms with van der Waals surface area (Å²) in [6.07, 6.45) is -9.85. The quantitative estimate of drug-likeness (QED) is 0.595. The van der Waals surface area contributed by atoms with Crippen LogP contribution in [0.15, 0.2) is 18.2 Å². The van der Waals surface area contributed by atoms with E-state index in [-0.39, 0.29) is 18.2 Å². The van der Waals surface area contributed by atoms with Crippen LogP contribution in [-0.4, -0.2) is 0 Å². The van der Waals surface area contributed by atoms with E-state index in [1.54, 1.807) is 0 Å². The van der Waals surface area contributed by atoms with Crippen LogP contribution in [0.3, 0.4) is 0 Å². The summed E-state index contributed by atoms with van der Waals surface area (Å²) >= 11 is 0. The zero-order valence-corrected chi connectivity index (χ0v) is 6.88. The first kappa shape index (κ1) is 11.8. The molecule has 0 unspecified atom stereocenters. The van der Waals surface area contributed by atoms with E-state index in [1.807, 2.05) is 0 Å². The largest absolute Gasteiger partial charge is 0.419 e. The summed E-state index contributed by atoms with van der Waals surface area (Å²) in [5.74, 6) is -1.93. The molecule has 1 aromatic carbocycles. The van der Waals surface area contributed by atoms with Crippen LogP contribution in [0.5, 0.6) is 0 Å². The van der Waals surface area contributed by atoms with Crippen molar-refractivity contribution in [1.82, 2.24) is 0 Å². The number of hydrogen-bond acceptors (Lipinski definition) is 0. The highest BCUT2D eigenvalue weighted by molar-refractivity contribution is 5.28. The summed E-state index contributed by atoms with van der Waals surface area (Å²) in [7, 11) is 0. The zero-order valence-electron chi connectivity index (χ0n) is 6.88. The highest BCUT2D eigenvalue weighted by atomic mass is 19.4. The first-order valence-corrected chi connectivity index (χ1v) is 3.56. The smallest absolute Gasteiger partial charge is 0.206 e. The highest BCUT2D eigenvalue weighted by Crippen LogP contribution is 2.35. The van der Waals surface area contributed by atoms with E-state index in [1.165, 1.54) is 0 Å². The van der Waals surface area contributed by atoms with Crippen molar-refractivity contribution in [3.63, 3.8) is 0 Å². The van der Waals surface area contributed by atoms with Crippen LogP contribution in [0.4, 0.5) is 30.7 Å². The third-order valence-corrected chi connectivity index (χ3v) is 1.60. The Morgan fingerprint density at radius 2 is 1.33 bits per heavy atom. The van der Waals surface area contributed by atoms with Crippen molar-refractivity contribution >= 4 is 0 Å². The molecule has 0 nitrogen and oxygen atoms in total. The second-order valence-electron chi connectivity index (χ2n) is 2.69. The monoisotopic (exact) mass is 232 g/mol. The predicted octanol–water partition coefficient (Wildman–Crippen LogP) is 3.86. The molecule has 15 heavy (non-hydrogen) atoms. The Kier molecular flexibility index (Phi) is 2.67. The van der Waals surface area contributed by atoms with Crippen molar-refractivity contribution in [2.24, 2.45) is 0 Å². The fraction of sp³-hybridized carbons (Fsp3) is 0.250. The van der Waals surface area contributed by atoms with Gasteiger partial charge in [-0.15, -0.1) is 0 Å². The van der Waals surface area contributed by atoms with Gasteiger partial charge in [-0.2, -0.15) is 26.3 Å². The zero-order chi connectivity index (χ0) is 11.9. The number of benzene rings is 1. The third kappa shape index (κ3) is 2.60. The van der Waals surface area contributed by atoms with Gasteiger partial charge in [-0.1, -0.05) is 0 Å². The molecule has 7 heteroatoms. The Morgan fingerprint density at radius 1 is 0.800 bits per heavy atom. The SMILES string of the molecule is Fc1cc(C(F)(F)F)ccc1C(F)(F)F. The number of rotatable bonds is 0. The highest BCUT2D eigenvalue weighted by Gasteiger charge is 2.37. The maximum Gasteiger partial charge on any atom is 0.419 e. The standard InChI is InChI=1S/C8H3F7/c9-6-3-4(7(10,11)12)1-2-5(6)8(13,14)15/h1-3H. The molecule has 0 aliphatic carbocycles. The van der Waals surface area contributed by atoms with Crippen LogP contribution in [0.1, 0.15) is 11.1 Å². The van der Waals surface area contributed by atoms with Crippen LogP contribution in [0.25, 0.3) is 0 Å². The maximum atomic E-state index is 12.7. The summed E-state index contributed by atoms with van der Waals surface area (Å²) in [5.41, 5.74) is -3.16. The molecule has 0 fully saturated rings. The average molecular weight is 232 g/mol. The van der Waals surface area contributed by atoms with Gasteiger partial charge in [0.25, 0.3) is 0 Å². The van der Waals surface area contributed by atoms with Crippen molar-refractivity contribution in [1.29, 1.82) is 0 Å². The molecule has 0 heterocycles. The molecular formula is C8H3F7. The summed E-state index contributed by atoms with van der Waals surface area (Å²) in [6, 6.07) is 0.0763. The van der Waals surface area contributed by atoms with Crippen LogP contribution in [-0.2, 0) is 12.4 Å². The molecule has 0 saturated carbocycles. The van der Waals surface area contributed by atoms with Crippen molar-refractivity contribution < 1.29 is 30.7 Å². The summed E-state index contributed by atoms with van der Waals surface area (Å²) < 4.78 is 84.4. The Balaban J connectivity index is 3.21. The summed E-state index contributed by atoms with van der Waals surface area (Å²) in [4.78, 5) is 0. The molecule has 0 amide bonds. The van der Waals surface area contributed by atoms with Gasteiger partial charge in [-0.3, -0.25) is 0 Å². The molecule has 0 N–H and O–H groups in total. The van der Waals surface area contributed by atoms with E-state index in [0.717, 1.165) is 0 Å². The average Bonchev–Trinajstić information content (AvgIpc) is 1.99. The second kappa shape index (κ2) is 3.39. The number of halogens is 7. The van der Waals surface area contributed by atoms with Crippen molar-refractivity contribution in [2.45, 2.75) is 12.4 Å². The molecule has 0 bridgehead atoms. The lowest BCUT2D eigenvalue weighted by atomic mass is 10.1. The van der Waals surface area contributed by atoms with Gasteiger partial charge in [-0.05, 0) is 18.2 Å². The lowest BCUT2D eigenvalue weighted by Crippen LogP contribution is -2.11. The Bertz CT molecular complexity index is 360. The molecule has 0 aromatic heterocycles. The second-order valence-corrected chi connectivity index (χ2v) is 2.69. The van der Waals surface area contributed by atoms with Gasteiger partial charge in [0, 0.05) is 0 Å². The fourth-order valence-electron chi connectivity index (χ4n) is 0.921. The van der Waals surface area contributed by atoms with Crippen LogP contribution < -0.4 is 0 Å². The Morgan fingerprint density at radius 3 is 1.67 bits per heavy atom. The Hall–Kier alpha value is -1.27. The fourth-order valence-corrected chi connectivity index (χ4v) is 0.921. The predicted molar refractivity (Wildman–Crippen MR) is 36.4 cm³/mol. The van der Waals surface area contributed by atoms with Gasteiger partial charge >= 0.3 is 12.4 Å². The minimum atomic E-state index is -4.99. The van der Waals surface area contributed by atoms with E-state index in [9.17, 15) is 30.7 Å². The van der Waals surface area contributed by atoms with Crippen molar-refractivity contribution in [3.05, 3.63) is 35.1 Å². The first-order chi connectivity index (χ1) is 6.62. The van der Waals surface area contributed by atoms with Gasteiger partial charge in [0.2, 0.25) is 0 Å². The number of hydrogen-bond donors (Lipinski definition) is 0. The molecule has 84 valence electrons. The van der Waals surface area contributed by atoms with Crippen molar-refractivity contribution in [3.8, 4) is 0 Å². The van der Waals surface area contributed by atoms with Crippen LogP contribution in [0.2, 0.25) is 0 Å². The Labute approximate surface area is 79.3 Å².